The van der Waals surface area contributed by atoms with Gasteiger partial charge >= 0.3 is 0 Å². The van der Waals surface area contributed by atoms with Crippen LogP contribution in [0.15, 0.2) is 30.3 Å². The van der Waals surface area contributed by atoms with E-state index in [1.54, 1.807) is 0 Å². The lowest BCUT2D eigenvalue weighted by molar-refractivity contribution is -0.133. The molecule has 3 atom stereocenters. The van der Waals surface area contributed by atoms with Gasteiger partial charge in [-0.15, -0.1) is 0 Å². The first kappa shape index (κ1) is 13.3. The highest BCUT2D eigenvalue weighted by Crippen LogP contribution is 2.51. The summed E-state index contributed by atoms with van der Waals surface area (Å²) in [7, 11) is 0. The second-order valence-corrected chi connectivity index (χ2v) is 7.08. The summed E-state index contributed by atoms with van der Waals surface area (Å²) in [5.41, 5.74) is 0.921. The van der Waals surface area contributed by atoms with Crippen LogP contribution in [-0.2, 0) is 10.2 Å². The molecule has 1 saturated heterocycles. The number of aliphatic hydroxyl groups is 1. The second kappa shape index (κ2) is 4.84. The number of nitrogens with zero attached hydrogens (tertiary/aromatic N) is 1. The molecular formula is C18H23NO2. The predicted octanol–water partition coefficient (Wildman–Crippen LogP) is 2.34. The van der Waals surface area contributed by atoms with Crippen LogP contribution in [0.3, 0.4) is 0 Å². The first-order chi connectivity index (χ1) is 10.2. The van der Waals surface area contributed by atoms with E-state index in [1.807, 2.05) is 23.1 Å². The van der Waals surface area contributed by atoms with Crippen LogP contribution in [0, 0.1) is 11.8 Å². The number of carbonyl (C=O) groups excluding carboxylic acids is 1. The van der Waals surface area contributed by atoms with Crippen LogP contribution >= 0.6 is 0 Å². The minimum Gasteiger partial charge on any atom is -0.393 e. The molecule has 0 spiro atoms. The Morgan fingerprint density at radius 2 is 1.90 bits per heavy atom. The third-order valence-electron chi connectivity index (χ3n) is 5.83. The fourth-order valence-corrected chi connectivity index (χ4v) is 4.42. The summed E-state index contributed by atoms with van der Waals surface area (Å²) in [5.74, 6) is 1.13. The average Bonchev–Trinajstić information content (AvgIpc) is 3.21. The first-order valence-corrected chi connectivity index (χ1v) is 8.24. The summed E-state index contributed by atoms with van der Waals surface area (Å²) in [6.45, 7) is 1.62. The van der Waals surface area contributed by atoms with E-state index >= 15 is 0 Å². The molecule has 3 nitrogen and oxygen atoms in total. The van der Waals surface area contributed by atoms with Gasteiger partial charge in [-0.1, -0.05) is 36.8 Å². The molecule has 1 aromatic rings. The molecule has 3 unspecified atom stereocenters. The van der Waals surface area contributed by atoms with Crippen LogP contribution in [0.4, 0.5) is 0 Å². The molecule has 3 fully saturated rings. The molecule has 3 aliphatic rings. The van der Waals surface area contributed by atoms with Crippen LogP contribution in [0.5, 0.6) is 0 Å². The number of amides is 1. The van der Waals surface area contributed by atoms with Crippen molar-refractivity contribution in [1.29, 1.82) is 0 Å². The van der Waals surface area contributed by atoms with Crippen molar-refractivity contribution in [2.24, 2.45) is 11.8 Å². The van der Waals surface area contributed by atoms with Gasteiger partial charge in [0.25, 0.3) is 0 Å². The zero-order valence-electron chi connectivity index (χ0n) is 12.4. The van der Waals surface area contributed by atoms with Crippen LogP contribution in [-0.4, -0.2) is 35.1 Å². The van der Waals surface area contributed by atoms with Crippen molar-refractivity contribution in [1.82, 2.24) is 4.90 Å². The quantitative estimate of drug-likeness (QED) is 0.906. The Morgan fingerprint density at radius 3 is 2.57 bits per heavy atom. The van der Waals surface area contributed by atoms with E-state index in [0.29, 0.717) is 17.7 Å². The van der Waals surface area contributed by atoms with Crippen molar-refractivity contribution in [2.45, 2.75) is 43.6 Å². The molecule has 0 radical (unpaired) electrons. The normalized spacial score (nSPS) is 33.6. The monoisotopic (exact) mass is 285 g/mol. The van der Waals surface area contributed by atoms with E-state index in [2.05, 4.69) is 12.1 Å². The Morgan fingerprint density at radius 1 is 1.14 bits per heavy atom. The molecule has 1 heterocycles. The molecule has 0 bridgehead atoms. The lowest BCUT2D eigenvalue weighted by Gasteiger charge is -2.28. The number of aliphatic hydroxyl groups excluding tert-OH is 1. The summed E-state index contributed by atoms with van der Waals surface area (Å²) in [6.07, 6.45) is 4.94. The zero-order chi connectivity index (χ0) is 14.4. The molecule has 21 heavy (non-hydrogen) atoms. The fraction of sp³-hybridized carbons (Fsp3) is 0.611. The molecule has 3 heteroatoms. The Kier molecular flexibility index (Phi) is 3.07. The van der Waals surface area contributed by atoms with Gasteiger partial charge in [-0.2, -0.15) is 0 Å². The standard InChI is InChI=1S/C18H23NO2/c20-16-8-4-5-13-11-19(12-15(13)16)17(21)18(9-10-18)14-6-2-1-3-7-14/h1-3,6-7,13,15-16,20H,4-5,8-12H2. The number of benzene rings is 1. The lowest BCUT2D eigenvalue weighted by atomic mass is 9.80. The van der Waals surface area contributed by atoms with Crippen molar-refractivity contribution >= 4 is 5.91 Å². The predicted molar refractivity (Wildman–Crippen MR) is 80.8 cm³/mol. The van der Waals surface area contributed by atoms with E-state index in [1.165, 1.54) is 12.0 Å². The van der Waals surface area contributed by atoms with Crippen LogP contribution in [0.2, 0.25) is 0 Å². The maximum atomic E-state index is 13.0. The molecule has 1 amide bonds. The third-order valence-corrected chi connectivity index (χ3v) is 5.83. The SMILES string of the molecule is O=C(N1CC2CCCC(O)C2C1)C1(c2ccccc2)CC1. The number of fused-ring (bicyclic) bond motifs is 1. The van der Waals surface area contributed by atoms with Crippen LogP contribution in [0.1, 0.15) is 37.7 Å². The molecule has 1 aliphatic heterocycles. The van der Waals surface area contributed by atoms with Gasteiger partial charge in [0, 0.05) is 19.0 Å². The Bertz CT molecular complexity index is 537. The summed E-state index contributed by atoms with van der Waals surface area (Å²) in [6, 6.07) is 10.2. The smallest absolute Gasteiger partial charge is 0.233 e. The highest BCUT2D eigenvalue weighted by molar-refractivity contribution is 5.91. The molecule has 1 N–H and O–H groups in total. The van der Waals surface area contributed by atoms with Crippen molar-refractivity contribution < 1.29 is 9.90 Å². The van der Waals surface area contributed by atoms with Gasteiger partial charge < -0.3 is 10.0 Å². The van der Waals surface area contributed by atoms with E-state index < -0.39 is 0 Å². The van der Waals surface area contributed by atoms with Crippen LogP contribution in [0.25, 0.3) is 0 Å². The van der Waals surface area contributed by atoms with Gasteiger partial charge in [0.05, 0.1) is 11.5 Å². The fourth-order valence-electron chi connectivity index (χ4n) is 4.42. The highest BCUT2D eigenvalue weighted by atomic mass is 16.3. The topological polar surface area (TPSA) is 40.5 Å². The van der Waals surface area contributed by atoms with Gasteiger partial charge in [-0.3, -0.25) is 4.79 Å². The zero-order valence-corrected chi connectivity index (χ0v) is 12.4. The van der Waals surface area contributed by atoms with Gasteiger partial charge in [0.1, 0.15) is 0 Å². The summed E-state index contributed by atoms with van der Waals surface area (Å²) < 4.78 is 0. The Balaban J connectivity index is 1.54. The van der Waals surface area contributed by atoms with E-state index in [0.717, 1.165) is 38.8 Å². The van der Waals surface area contributed by atoms with Crippen molar-refractivity contribution in [3.63, 3.8) is 0 Å². The minimum atomic E-state index is -0.250. The number of hydrogen-bond acceptors (Lipinski definition) is 2. The molecule has 4 rings (SSSR count). The van der Waals surface area contributed by atoms with Gasteiger partial charge in [-0.05, 0) is 37.2 Å². The maximum Gasteiger partial charge on any atom is 0.233 e. The van der Waals surface area contributed by atoms with Gasteiger partial charge in [-0.25, -0.2) is 0 Å². The van der Waals surface area contributed by atoms with E-state index in [4.69, 9.17) is 0 Å². The second-order valence-electron chi connectivity index (χ2n) is 7.08. The Hall–Kier alpha value is -1.35. The molecule has 1 aromatic carbocycles. The molecule has 112 valence electrons. The number of carbonyl (C=O) groups is 1. The van der Waals surface area contributed by atoms with E-state index in [-0.39, 0.29) is 11.5 Å². The minimum absolute atomic E-state index is 0.201. The van der Waals surface area contributed by atoms with Crippen LogP contribution < -0.4 is 0 Å². The van der Waals surface area contributed by atoms with Crippen molar-refractivity contribution in [3.8, 4) is 0 Å². The summed E-state index contributed by atoms with van der Waals surface area (Å²) >= 11 is 0. The summed E-state index contributed by atoms with van der Waals surface area (Å²) in [4.78, 5) is 15.1. The van der Waals surface area contributed by atoms with Gasteiger partial charge in [0.2, 0.25) is 5.91 Å². The number of hydrogen-bond donors (Lipinski definition) is 1. The number of rotatable bonds is 2. The Labute approximate surface area is 126 Å². The summed E-state index contributed by atoms with van der Waals surface area (Å²) in [5, 5.41) is 10.2. The third kappa shape index (κ3) is 2.10. The maximum absolute atomic E-state index is 13.0. The molecule has 0 aromatic heterocycles. The number of likely N-dealkylation sites (tertiary alicyclic amines) is 1. The molecule has 2 saturated carbocycles. The lowest BCUT2D eigenvalue weighted by Crippen LogP contribution is -2.38. The largest absolute Gasteiger partial charge is 0.393 e. The highest BCUT2D eigenvalue weighted by Gasteiger charge is 2.55. The first-order valence-electron chi connectivity index (χ1n) is 8.24. The van der Waals surface area contributed by atoms with Crippen molar-refractivity contribution in [3.05, 3.63) is 35.9 Å². The van der Waals surface area contributed by atoms with Crippen molar-refractivity contribution in [2.75, 3.05) is 13.1 Å². The molecule has 2 aliphatic carbocycles. The average molecular weight is 285 g/mol. The van der Waals surface area contributed by atoms with E-state index in [9.17, 15) is 9.90 Å². The molecular weight excluding hydrogens is 262 g/mol. The van der Waals surface area contributed by atoms with Gasteiger partial charge in [0.15, 0.2) is 0 Å².